The van der Waals surface area contributed by atoms with E-state index in [2.05, 4.69) is 31.3 Å². The predicted octanol–water partition coefficient (Wildman–Crippen LogP) is 24.1. The highest BCUT2D eigenvalue weighted by Gasteiger charge is 2.18. The van der Waals surface area contributed by atoms with Gasteiger partial charge in [0.25, 0.3) is 0 Å². The maximum Gasteiger partial charge on any atom is 0.305 e. The number of aliphatic hydroxyl groups is 2. The number of carbonyl (C=O) groups is 2. The molecule has 6 heteroatoms. The van der Waals surface area contributed by atoms with E-state index in [1.165, 1.54) is 353 Å². The summed E-state index contributed by atoms with van der Waals surface area (Å²) in [6, 6.07) is -0.626. The van der Waals surface area contributed by atoms with Crippen molar-refractivity contribution in [1.29, 1.82) is 0 Å². The molecule has 0 saturated carbocycles. The van der Waals surface area contributed by atoms with Gasteiger partial charge in [-0.1, -0.05) is 372 Å². The van der Waals surface area contributed by atoms with Crippen LogP contribution in [-0.2, 0) is 14.3 Å². The van der Waals surface area contributed by atoms with E-state index in [0.717, 1.165) is 38.5 Å². The van der Waals surface area contributed by atoms with Gasteiger partial charge in [0.1, 0.15) is 0 Å². The van der Waals surface area contributed by atoms with Crippen LogP contribution < -0.4 is 5.32 Å². The summed E-state index contributed by atoms with van der Waals surface area (Å²) in [6.07, 6.45) is 89.9. The average Bonchev–Trinajstić information content (AvgIpc) is 3.47. The van der Waals surface area contributed by atoms with Gasteiger partial charge in [-0.2, -0.15) is 0 Å². The first-order valence-electron chi connectivity index (χ1n) is 37.1. The van der Waals surface area contributed by atoms with E-state index in [1.54, 1.807) is 6.08 Å². The number of allylic oxidation sites excluding steroid dienone is 3. The van der Waals surface area contributed by atoms with Crippen LogP contribution in [0.1, 0.15) is 418 Å². The second-order valence-corrected chi connectivity index (χ2v) is 25.6. The molecule has 0 aliphatic rings. The monoisotopic (exact) mass is 1140 g/mol. The van der Waals surface area contributed by atoms with Crippen LogP contribution in [0.3, 0.4) is 0 Å². The molecule has 0 fully saturated rings. The van der Waals surface area contributed by atoms with E-state index in [4.69, 9.17) is 4.74 Å². The summed E-state index contributed by atoms with van der Waals surface area (Å²) in [5, 5.41) is 23.2. The molecule has 2 atom stereocenters. The molecule has 0 heterocycles. The molecule has 0 bridgehead atoms. The number of rotatable bonds is 70. The highest BCUT2D eigenvalue weighted by atomic mass is 16.5. The molecule has 0 spiro atoms. The Morgan fingerprint density at radius 3 is 0.877 bits per heavy atom. The van der Waals surface area contributed by atoms with Crippen molar-refractivity contribution < 1.29 is 24.5 Å². The fourth-order valence-corrected chi connectivity index (χ4v) is 11.8. The van der Waals surface area contributed by atoms with Crippen LogP contribution in [0.25, 0.3) is 0 Å². The minimum atomic E-state index is -0.843. The average molecular weight is 1140 g/mol. The van der Waals surface area contributed by atoms with Crippen molar-refractivity contribution in [3.05, 3.63) is 24.3 Å². The van der Waals surface area contributed by atoms with Crippen LogP contribution in [0.5, 0.6) is 0 Å². The molecule has 0 aromatic carbocycles. The van der Waals surface area contributed by atoms with Gasteiger partial charge in [0.05, 0.1) is 25.4 Å². The van der Waals surface area contributed by atoms with Gasteiger partial charge < -0.3 is 20.3 Å². The SMILES string of the molecule is CCCCCCCCCCCCCCC/C=C/C(O)C(CO)NC(=O)CCCCCCCCCCCCCCCC/C=C\CCCCCCCCCCCCCCOC(=O)CCCCCCCCCCCCCCCCCCCCC. The van der Waals surface area contributed by atoms with E-state index in [0.29, 0.717) is 19.4 Å². The fraction of sp³-hybridized carbons (Fsp3) is 0.920. The zero-order valence-electron chi connectivity index (χ0n) is 55.0. The second kappa shape index (κ2) is 70.8. The van der Waals surface area contributed by atoms with Gasteiger partial charge in [0.15, 0.2) is 0 Å². The molecular weight excluding hydrogens is 995 g/mol. The second-order valence-electron chi connectivity index (χ2n) is 25.6. The Bertz CT molecular complexity index is 1270. The first kappa shape index (κ1) is 79.3. The van der Waals surface area contributed by atoms with E-state index >= 15 is 0 Å². The van der Waals surface area contributed by atoms with E-state index in [9.17, 15) is 19.8 Å². The largest absolute Gasteiger partial charge is 0.466 e. The Labute approximate surface area is 507 Å². The van der Waals surface area contributed by atoms with Gasteiger partial charge in [0, 0.05) is 12.8 Å². The third-order valence-corrected chi connectivity index (χ3v) is 17.5. The molecule has 480 valence electrons. The Morgan fingerprint density at radius 1 is 0.333 bits per heavy atom. The molecule has 0 aromatic rings. The quantitative estimate of drug-likeness (QED) is 0.0320. The van der Waals surface area contributed by atoms with E-state index in [-0.39, 0.29) is 18.5 Å². The highest BCUT2D eigenvalue weighted by molar-refractivity contribution is 5.76. The summed E-state index contributed by atoms with van der Waals surface area (Å²) in [5.74, 6) is -0.0414. The van der Waals surface area contributed by atoms with Crippen LogP contribution in [0.15, 0.2) is 24.3 Å². The molecule has 0 saturated heterocycles. The van der Waals surface area contributed by atoms with Crippen molar-refractivity contribution in [2.24, 2.45) is 0 Å². The molecule has 0 aliphatic heterocycles. The summed E-state index contributed by atoms with van der Waals surface area (Å²) < 4.78 is 5.52. The Hall–Kier alpha value is -1.66. The molecular formula is C75H145NO5. The Balaban J connectivity index is 3.35. The summed E-state index contributed by atoms with van der Waals surface area (Å²) in [7, 11) is 0. The summed E-state index contributed by atoms with van der Waals surface area (Å²) in [4.78, 5) is 24.6. The van der Waals surface area contributed by atoms with Gasteiger partial charge in [0.2, 0.25) is 5.91 Å². The van der Waals surface area contributed by atoms with Gasteiger partial charge in [-0.15, -0.1) is 0 Å². The smallest absolute Gasteiger partial charge is 0.305 e. The maximum atomic E-state index is 12.5. The zero-order chi connectivity index (χ0) is 58.5. The number of unbranched alkanes of at least 4 members (excludes halogenated alkanes) is 57. The number of amides is 1. The number of aliphatic hydroxyl groups excluding tert-OH is 2. The molecule has 3 N–H and O–H groups in total. The standard InChI is InChI=1S/C75H145NO5/c1-3-5-7-9-11-13-15-17-19-20-33-37-41-45-49-53-57-61-65-69-75(80)81-70-66-62-58-54-50-46-42-38-35-32-30-28-26-24-22-21-23-25-27-29-31-34-36-40-44-48-52-56-60-64-68-74(79)76-72(71-77)73(78)67-63-59-55-51-47-43-39-18-16-14-12-10-8-6-4-2/h22,24,63,67,72-73,77-78H,3-21,23,25-62,64-66,68-71H2,1-2H3,(H,76,79)/b24-22-,67-63+. The van der Waals surface area contributed by atoms with Crippen LogP contribution in [-0.4, -0.2) is 47.4 Å². The first-order valence-corrected chi connectivity index (χ1v) is 37.1. The van der Waals surface area contributed by atoms with Crippen molar-refractivity contribution in [2.45, 2.75) is 431 Å². The molecule has 0 radical (unpaired) electrons. The zero-order valence-corrected chi connectivity index (χ0v) is 55.0. The summed E-state index contributed by atoms with van der Waals surface area (Å²) in [6.45, 7) is 4.95. The minimum absolute atomic E-state index is 0.0224. The summed E-state index contributed by atoms with van der Waals surface area (Å²) in [5.41, 5.74) is 0. The number of esters is 1. The van der Waals surface area contributed by atoms with Gasteiger partial charge in [-0.25, -0.2) is 0 Å². The van der Waals surface area contributed by atoms with Gasteiger partial charge in [-0.3, -0.25) is 9.59 Å². The third-order valence-electron chi connectivity index (χ3n) is 17.5. The van der Waals surface area contributed by atoms with Crippen LogP contribution in [0.2, 0.25) is 0 Å². The van der Waals surface area contributed by atoms with Crippen LogP contribution in [0, 0.1) is 0 Å². The van der Waals surface area contributed by atoms with Crippen molar-refractivity contribution in [3.8, 4) is 0 Å². The van der Waals surface area contributed by atoms with Gasteiger partial charge >= 0.3 is 5.97 Å². The normalized spacial score (nSPS) is 12.6. The lowest BCUT2D eigenvalue weighted by atomic mass is 10.0. The molecule has 81 heavy (non-hydrogen) atoms. The molecule has 0 rings (SSSR count). The van der Waals surface area contributed by atoms with Crippen LogP contribution in [0.4, 0.5) is 0 Å². The lowest BCUT2D eigenvalue weighted by Gasteiger charge is -2.20. The van der Waals surface area contributed by atoms with Crippen molar-refractivity contribution in [1.82, 2.24) is 5.32 Å². The topological polar surface area (TPSA) is 95.9 Å². The fourth-order valence-electron chi connectivity index (χ4n) is 11.8. The van der Waals surface area contributed by atoms with E-state index in [1.807, 2.05) is 6.08 Å². The molecule has 2 unspecified atom stereocenters. The Kier molecular flexibility index (Phi) is 69.4. The molecule has 0 aromatic heterocycles. The van der Waals surface area contributed by atoms with Crippen molar-refractivity contribution in [3.63, 3.8) is 0 Å². The summed E-state index contributed by atoms with van der Waals surface area (Å²) >= 11 is 0. The number of carbonyl (C=O) groups excluding carboxylic acids is 2. The number of nitrogens with one attached hydrogen (secondary N) is 1. The van der Waals surface area contributed by atoms with Crippen molar-refractivity contribution in [2.75, 3.05) is 13.2 Å². The number of ether oxygens (including phenoxy) is 1. The lowest BCUT2D eigenvalue weighted by Crippen LogP contribution is -2.45. The number of hydrogen-bond acceptors (Lipinski definition) is 5. The van der Waals surface area contributed by atoms with Crippen LogP contribution >= 0.6 is 0 Å². The molecule has 0 aliphatic carbocycles. The van der Waals surface area contributed by atoms with E-state index < -0.39 is 12.1 Å². The van der Waals surface area contributed by atoms with Crippen molar-refractivity contribution >= 4 is 11.9 Å². The lowest BCUT2D eigenvalue weighted by molar-refractivity contribution is -0.143. The highest BCUT2D eigenvalue weighted by Crippen LogP contribution is 2.19. The van der Waals surface area contributed by atoms with Gasteiger partial charge in [-0.05, 0) is 57.8 Å². The molecule has 1 amide bonds. The maximum absolute atomic E-state index is 12.5. The predicted molar refractivity (Wildman–Crippen MR) is 356 cm³/mol. The molecule has 6 nitrogen and oxygen atoms in total. The third kappa shape index (κ3) is 67.3. The Morgan fingerprint density at radius 2 is 0.580 bits per heavy atom. The number of hydrogen-bond donors (Lipinski definition) is 3. The minimum Gasteiger partial charge on any atom is -0.466 e. The first-order chi connectivity index (χ1) is 40.0.